The zero-order chi connectivity index (χ0) is 13.5. The van der Waals surface area contributed by atoms with Crippen molar-refractivity contribution in [1.82, 2.24) is 9.97 Å². The molecule has 4 N–H and O–H groups in total. The number of hydrazine groups is 1. The lowest BCUT2D eigenvalue weighted by Crippen LogP contribution is -2.16. The largest absolute Gasteiger partial charge is 0.370 e. The monoisotopic (exact) mass is 289 g/mol. The van der Waals surface area contributed by atoms with Crippen molar-refractivity contribution in [1.29, 1.82) is 0 Å². The smallest absolute Gasteiger partial charge is 0.191 e. The second-order valence-electron chi connectivity index (χ2n) is 3.79. The first kappa shape index (κ1) is 15.2. The SMILES string of the molecule is CSc1nc(NN)cc(NCCC(C)S(C)=O)n1. The highest BCUT2D eigenvalue weighted by Gasteiger charge is 2.07. The number of hydrogen-bond donors (Lipinski definition) is 3. The molecule has 0 aliphatic heterocycles. The molecule has 0 aromatic carbocycles. The highest BCUT2D eigenvalue weighted by atomic mass is 32.2. The van der Waals surface area contributed by atoms with E-state index in [-0.39, 0.29) is 5.25 Å². The molecule has 1 rings (SSSR count). The minimum atomic E-state index is -0.789. The molecule has 0 saturated carbocycles. The van der Waals surface area contributed by atoms with Crippen LogP contribution in [0.5, 0.6) is 0 Å². The van der Waals surface area contributed by atoms with E-state index in [1.165, 1.54) is 11.8 Å². The van der Waals surface area contributed by atoms with Gasteiger partial charge >= 0.3 is 0 Å². The number of nitrogens with one attached hydrogen (secondary N) is 2. The van der Waals surface area contributed by atoms with Gasteiger partial charge in [-0.25, -0.2) is 15.8 Å². The van der Waals surface area contributed by atoms with Gasteiger partial charge in [-0.15, -0.1) is 0 Å². The summed E-state index contributed by atoms with van der Waals surface area (Å²) in [7, 11) is -0.789. The van der Waals surface area contributed by atoms with Crippen LogP contribution in [0.3, 0.4) is 0 Å². The molecule has 1 aromatic heterocycles. The van der Waals surface area contributed by atoms with Gasteiger partial charge in [0.15, 0.2) is 5.16 Å². The van der Waals surface area contributed by atoms with Crippen molar-refractivity contribution < 1.29 is 4.21 Å². The van der Waals surface area contributed by atoms with Crippen LogP contribution in [-0.2, 0) is 10.8 Å². The van der Waals surface area contributed by atoms with Gasteiger partial charge in [0.05, 0.1) is 0 Å². The molecule has 1 aromatic rings. The van der Waals surface area contributed by atoms with Crippen LogP contribution in [0.4, 0.5) is 11.6 Å². The van der Waals surface area contributed by atoms with E-state index in [1.54, 1.807) is 12.3 Å². The maximum absolute atomic E-state index is 11.2. The van der Waals surface area contributed by atoms with Gasteiger partial charge < -0.3 is 10.7 Å². The summed E-state index contributed by atoms with van der Waals surface area (Å²) in [5.74, 6) is 6.63. The Labute approximate surface area is 114 Å². The number of rotatable bonds is 7. The molecule has 18 heavy (non-hydrogen) atoms. The summed E-state index contributed by atoms with van der Waals surface area (Å²) in [6.45, 7) is 2.69. The minimum Gasteiger partial charge on any atom is -0.370 e. The first-order chi connectivity index (χ1) is 8.56. The van der Waals surface area contributed by atoms with Crippen LogP contribution >= 0.6 is 11.8 Å². The van der Waals surface area contributed by atoms with Crippen molar-refractivity contribution in [3.8, 4) is 0 Å². The standard InChI is InChI=1S/C10H19N5OS2/c1-7(18(3)16)4-5-12-8-6-9(15-11)14-10(13-8)17-2/h6-7H,4-5,11H2,1-3H3,(H2,12,13,14,15). The predicted molar refractivity (Wildman–Crippen MR) is 78.3 cm³/mol. The number of nitrogens with zero attached hydrogens (tertiary/aromatic N) is 2. The number of aromatic nitrogens is 2. The average molecular weight is 289 g/mol. The van der Waals surface area contributed by atoms with Crippen LogP contribution in [0, 0.1) is 0 Å². The van der Waals surface area contributed by atoms with Crippen molar-refractivity contribution in [3.05, 3.63) is 6.07 Å². The van der Waals surface area contributed by atoms with Gasteiger partial charge in [0.1, 0.15) is 11.6 Å². The summed E-state index contributed by atoms with van der Waals surface area (Å²) >= 11 is 1.45. The molecule has 0 bridgehead atoms. The summed E-state index contributed by atoms with van der Waals surface area (Å²) in [6.07, 6.45) is 4.45. The van der Waals surface area contributed by atoms with E-state index in [0.29, 0.717) is 11.0 Å². The Balaban J connectivity index is 2.58. The van der Waals surface area contributed by atoms with Crippen LogP contribution in [0.15, 0.2) is 11.2 Å². The second-order valence-corrected chi connectivity index (χ2v) is 6.37. The molecule has 102 valence electrons. The van der Waals surface area contributed by atoms with Gasteiger partial charge in [-0.1, -0.05) is 18.7 Å². The molecular formula is C10H19N5OS2. The van der Waals surface area contributed by atoms with Crippen molar-refractivity contribution in [3.63, 3.8) is 0 Å². The van der Waals surface area contributed by atoms with E-state index in [9.17, 15) is 4.21 Å². The zero-order valence-electron chi connectivity index (χ0n) is 10.8. The van der Waals surface area contributed by atoms with E-state index in [0.717, 1.165) is 18.8 Å². The summed E-state index contributed by atoms with van der Waals surface area (Å²) < 4.78 is 11.2. The van der Waals surface area contributed by atoms with Crippen molar-refractivity contribution in [2.24, 2.45) is 5.84 Å². The van der Waals surface area contributed by atoms with Gasteiger partial charge in [-0.05, 0) is 12.7 Å². The molecule has 0 aliphatic carbocycles. The van der Waals surface area contributed by atoms with Crippen molar-refractivity contribution in [2.75, 3.05) is 29.8 Å². The number of thioether (sulfide) groups is 1. The Hall–Kier alpha value is -0.860. The molecule has 2 atom stereocenters. The fourth-order valence-corrected chi connectivity index (χ4v) is 2.08. The Bertz CT molecular complexity index is 393. The van der Waals surface area contributed by atoms with Crippen LogP contribution in [-0.4, -0.2) is 38.5 Å². The van der Waals surface area contributed by atoms with Gasteiger partial charge in [0, 0.05) is 34.9 Å². The fraction of sp³-hybridized carbons (Fsp3) is 0.600. The first-order valence-electron chi connectivity index (χ1n) is 5.52. The molecular weight excluding hydrogens is 270 g/mol. The molecule has 0 fully saturated rings. The summed E-state index contributed by atoms with van der Waals surface area (Å²) in [5.41, 5.74) is 2.51. The third kappa shape index (κ3) is 4.79. The van der Waals surface area contributed by atoms with Crippen LogP contribution in [0.1, 0.15) is 13.3 Å². The zero-order valence-corrected chi connectivity index (χ0v) is 12.4. The predicted octanol–water partition coefficient (Wildman–Crippen LogP) is 1.05. The highest BCUT2D eigenvalue weighted by molar-refractivity contribution is 7.98. The van der Waals surface area contributed by atoms with Crippen LogP contribution in [0.25, 0.3) is 0 Å². The molecule has 1 heterocycles. The molecule has 0 aliphatic rings. The number of nitrogen functional groups attached to an aromatic ring is 1. The van der Waals surface area contributed by atoms with Crippen molar-refractivity contribution in [2.45, 2.75) is 23.8 Å². The third-order valence-corrected chi connectivity index (χ3v) is 4.38. The normalized spacial score (nSPS) is 14.0. The molecule has 8 heteroatoms. The molecule has 0 amide bonds. The molecule has 0 saturated heterocycles. The summed E-state index contributed by atoms with van der Waals surface area (Å²) in [5, 5.41) is 4.01. The summed E-state index contributed by atoms with van der Waals surface area (Å²) in [6, 6.07) is 1.74. The molecule has 0 spiro atoms. The van der Waals surface area contributed by atoms with Gasteiger partial charge in [0.2, 0.25) is 0 Å². The maximum atomic E-state index is 11.2. The number of nitrogens with two attached hydrogens (primary N) is 1. The maximum Gasteiger partial charge on any atom is 0.191 e. The first-order valence-corrected chi connectivity index (χ1v) is 8.37. The topological polar surface area (TPSA) is 92.9 Å². The minimum absolute atomic E-state index is 0.173. The molecule has 6 nitrogen and oxygen atoms in total. The summed E-state index contributed by atoms with van der Waals surface area (Å²) in [4.78, 5) is 8.48. The van der Waals surface area contributed by atoms with Gasteiger partial charge in [0.25, 0.3) is 0 Å². The quantitative estimate of drug-likeness (QED) is 0.299. The third-order valence-electron chi connectivity index (χ3n) is 2.46. The molecule has 2 unspecified atom stereocenters. The lowest BCUT2D eigenvalue weighted by Gasteiger charge is -2.11. The highest BCUT2D eigenvalue weighted by Crippen LogP contribution is 2.16. The van der Waals surface area contributed by atoms with E-state index in [4.69, 9.17) is 5.84 Å². The van der Waals surface area contributed by atoms with Gasteiger partial charge in [-0.2, -0.15) is 0 Å². The van der Waals surface area contributed by atoms with Crippen molar-refractivity contribution >= 4 is 34.2 Å². The lowest BCUT2D eigenvalue weighted by atomic mass is 10.3. The second kappa shape index (κ2) is 7.55. The van der Waals surface area contributed by atoms with E-state index in [2.05, 4.69) is 20.7 Å². The van der Waals surface area contributed by atoms with E-state index in [1.807, 2.05) is 13.2 Å². The Morgan fingerprint density at radius 2 is 2.17 bits per heavy atom. The van der Waals surface area contributed by atoms with Crippen LogP contribution in [0.2, 0.25) is 0 Å². The van der Waals surface area contributed by atoms with E-state index < -0.39 is 10.8 Å². The lowest BCUT2D eigenvalue weighted by molar-refractivity contribution is 0.672. The Morgan fingerprint density at radius 1 is 1.50 bits per heavy atom. The average Bonchev–Trinajstić information content (AvgIpc) is 2.37. The number of hydrogen-bond acceptors (Lipinski definition) is 7. The van der Waals surface area contributed by atoms with E-state index >= 15 is 0 Å². The van der Waals surface area contributed by atoms with Crippen LogP contribution < -0.4 is 16.6 Å². The molecule has 0 radical (unpaired) electrons. The van der Waals surface area contributed by atoms with Gasteiger partial charge in [-0.3, -0.25) is 4.21 Å². The Kier molecular flexibility index (Phi) is 6.37. The Morgan fingerprint density at radius 3 is 2.72 bits per heavy atom. The number of anilines is 2. The fourth-order valence-electron chi connectivity index (χ4n) is 1.25.